The maximum absolute atomic E-state index is 13.3. The van der Waals surface area contributed by atoms with Crippen molar-refractivity contribution >= 4 is 28.1 Å². The van der Waals surface area contributed by atoms with Crippen molar-refractivity contribution in [1.29, 1.82) is 0 Å². The first kappa shape index (κ1) is 14.7. The zero-order valence-corrected chi connectivity index (χ0v) is 13.2. The fourth-order valence-corrected chi connectivity index (χ4v) is 3.12. The molecule has 0 aliphatic carbocycles. The van der Waals surface area contributed by atoms with Crippen molar-refractivity contribution in [3.05, 3.63) is 63.7 Å². The molecule has 5 heteroatoms. The fourth-order valence-electron chi connectivity index (χ4n) is 2.37. The lowest BCUT2D eigenvalue weighted by Crippen LogP contribution is -2.26. The van der Waals surface area contributed by atoms with Crippen LogP contribution in [0.4, 0.5) is 4.39 Å². The molecule has 1 aromatic carbocycles. The Balaban J connectivity index is 1.93. The van der Waals surface area contributed by atoms with E-state index in [1.54, 1.807) is 42.3 Å². The van der Waals surface area contributed by atoms with Crippen molar-refractivity contribution in [1.82, 2.24) is 9.88 Å². The molecule has 0 fully saturated rings. The summed E-state index contributed by atoms with van der Waals surface area (Å²) < 4.78 is 13.3. The summed E-state index contributed by atoms with van der Waals surface area (Å²) in [4.78, 5) is 19.8. The van der Waals surface area contributed by atoms with Gasteiger partial charge in [-0.05, 0) is 36.6 Å². The fraction of sp³-hybridized carbons (Fsp3) is 0.176. The number of fused-ring (bicyclic) bond motifs is 1. The number of hydrogen-bond donors (Lipinski definition) is 0. The number of nitrogens with zero attached hydrogens (tertiary/aromatic N) is 2. The number of aromatic nitrogens is 1. The molecule has 1 amide bonds. The molecular formula is C17H15FN2OS. The largest absolute Gasteiger partial charge is 0.337 e. The van der Waals surface area contributed by atoms with Crippen LogP contribution in [0.5, 0.6) is 0 Å². The summed E-state index contributed by atoms with van der Waals surface area (Å²) in [6.45, 7) is 2.34. The highest BCUT2D eigenvalue weighted by molar-refractivity contribution is 7.09. The van der Waals surface area contributed by atoms with E-state index in [-0.39, 0.29) is 11.7 Å². The van der Waals surface area contributed by atoms with Crippen LogP contribution in [0.15, 0.2) is 41.8 Å². The molecule has 112 valence electrons. The van der Waals surface area contributed by atoms with E-state index in [4.69, 9.17) is 0 Å². The Morgan fingerprint density at radius 3 is 2.86 bits per heavy atom. The van der Waals surface area contributed by atoms with E-state index >= 15 is 0 Å². The lowest BCUT2D eigenvalue weighted by Gasteiger charge is -2.17. The van der Waals surface area contributed by atoms with Gasteiger partial charge in [0, 0.05) is 23.4 Å². The number of carbonyl (C=O) groups is 1. The molecule has 0 aliphatic rings. The summed E-state index contributed by atoms with van der Waals surface area (Å²) in [6.07, 6.45) is 0. The van der Waals surface area contributed by atoms with Crippen LogP contribution in [0.1, 0.15) is 20.9 Å². The van der Waals surface area contributed by atoms with Gasteiger partial charge in [-0.1, -0.05) is 6.07 Å². The quantitative estimate of drug-likeness (QED) is 0.731. The minimum atomic E-state index is -0.326. The first-order chi connectivity index (χ1) is 10.5. The molecule has 0 atom stereocenters. The maximum atomic E-state index is 13.3. The molecule has 0 aliphatic heterocycles. The third kappa shape index (κ3) is 2.85. The average Bonchev–Trinajstić information content (AvgIpc) is 2.98. The monoisotopic (exact) mass is 314 g/mol. The van der Waals surface area contributed by atoms with Crippen molar-refractivity contribution in [3.8, 4) is 0 Å². The molecule has 0 N–H and O–H groups in total. The second-order valence-corrected chi connectivity index (χ2v) is 6.23. The highest BCUT2D eigenvalue weighted by Gasteiger charge is 2.16. The van der Waals surface area contributed by atoms with Crippen molar-refractivity contribution in [3.63, 3.8) is 0 Å². The smallest absolute Gasteiger partial charge is 0.255 e. The van der Waals surface area contributed by atoms with Crippen molar-refractivity contribution in [2.45, 2.75) is 13.5 Å². The summed E-state index contributed by atoms with van der Waals surface area (Å²) >= 11 is 1.62. The third-order valence-corrected chi connectivity index (χ3v) is 4.38. The van der Waals surface area contributed by atoms with E-state index in [0.717, 1.165) is 10.3 Å². The van der Waals surface area contributed by atoms with Crippen LogP contribution in [-0.4, -0.2) is 22.8 Å². The highest BCUT2D eigenvalue weighted by atomic mass is 32.1. The molecule has 0 bridgehead atoms. The number of amides is 1. The van der Waals surface area contributed by atoms with E-state index in [1.165, 1.54) is 12.1 Å². The number of aryl methyl sites for hydroxylation is 1. The van der Waals surface area contributed by atoms with Crippen LogP contribution in [-0.2, 0) is 6.54 Å². The molecule has 0 saturated carbocycles. The first-order valence-electron chi connectivity index (χ1n) is 6.89. The molecule has 0 saturated heterocycles. The molecular weight excluding hydrogens is 299 g/mol. The van der Waals surface area contributed by atoms with Gasteiger partial charge in [0.2, 0.25) is 0 Å². The molecule has 22 heavy (non-hydrogen) atoms. The van der Waals surface area contributed by atoms with Gasteiger partial charge < -0.3 is 4.90 Å². The molecule has 0 spiro atoms. The lowest BCUT2D eigenvalue weighted by molar-refractivity contribution is 0.0785. The number of hydrogen-bond acceptors (Lipinski definition) is 3. The van der Waals surface area contributed by atoms with Gasteiger partial charge in [-0.2, -0.15) is 0 Å². The highest BCUT2D eigenvalue weighted by Crippen LogP contribution is 2.20. The van der Waals surface area contributed by atoms with E-state index in [9.17, 15) is 9.18 Å². The van der Waals surface area contributed by atoms with Crippen LogP contribution in [0.25, 0.3) is 10.9 Å². The summed E-state index contributed by atoms with van der Waals surface area (Å²) in [7, 11) is 1.77. The van der Waals surface area contributed by atoms with Gasteiger partial charge in [0.25, 0.3) is 5.91 Å². The second-order valence-electron chi connectivity index (χ2n) is 5.20. The molecule has 0 unspecified atom stereocenters. The van der Waals surface area contributed by atoms with Gasteiger partial charge in [0.05, 0.1) is 23.3 Å². The van der Waals surface area contributed by atoms with Crippen LogP contribution >= 0.6 is 11.3 Å². The number of rotatable bonds is 3. The van der Waals surface area contributed by atoms with E-state index in [2.05, 4.69) is 4.98 Å². The molecule has 3 aromatic rings. The van der Waals surface area contributed by atoms with Crippen molar-refractivity contribution in [2.75, 3.05) is 7.05 Å². The minimum Gasteiger partial charge on any atom is -0.337 e. The number of benzene rings is 1. The number of carbonyl (C=O) groups excluding carboxylic acids is 1. The van der Waals surface area contributed by atoms with E-state index in [1.807, 2.05) is 17.5 Å². The molecule has 2 heterocycles. The lowest BCUT2D eigenvalue weighted by atomic mass is 10.1. The standard InChI is InChI=1S/C17H15FN2OS/c1-11-15(8-12-5-6-13(18)9-16(12)19-11)17(21)20(2)10-14-4-3-7-22-14/h3-9H,10H2,1-2H3. The average molecular weight is 314 g/mol. The van der Waals surface area contributed by atoms with Crippen LogP contribution < -0.4 is 0 Å². The topological polar surface area (TPSA) is 33.2 Å². The van der Waals surface area contributed by atoms with Gasteiger partial charge in [0.15, 0.2) is 0 Å². The van der Waals surface area contributed by atoms with Crippen LogP contribution in [0.3, 0.4) is 0 Å². The Morgan fingerprint density at radius 1 is 1.32 bits per heavy atom. The van der Waals surface area contributed by atoms with Crippen molar-refractivity contribution in [2.24, 2.45) is 0 Å². The summed E-state index contributed by atoms with van der Waals surface area (Å²) in [5, 5.41) is 2.75. The van der Waals surface area contributed by atoms with E-state index < -0.39 is 0 Å². The predicted molar refractivity (Wildman–Crippen MR) is 86.6 cm³/mol. The second kappa shape index (κ2) is 5.85. The number of halogens is 1. The van der Waals surface area contributed by atoms with Crippen molar-refractivity contribution < 1.29 is 9.18 Å². The van der Waals surface area contributed by atoms with Gasteiger partial charge in [-0.3, -0.25) is 9.78 Å². The Hall–Kier alpha value is -2.27. The Labute approximate surface area is 132 Å². The zero-order valence-electron chi connectivity index (χ0n) is 12.3. The summed E-state index contributed by atoms with van der Waals surface area (Å²) in [5.41, 5.74) is 1.73. The number of thiophene rings is 1. The molecule has 3 nitrogen and oxygen atoms in total. The van der Waals surface area contributed by atoms with Crippen LogP contribution in [0, 0.1) is 12.7 Å². The SMILES string of the molecule is Cc1nc2cc(F)ccc2cc1C(=O)N(C)Cc1cccs1. The normalized spacial score (nSPS) is 10.9. The van der Waals surface area contributed by atoms with Gasteiger partial charge in [0.1, 0.15) is 5.82 Å². The maximum Gasteiger partial charge on any atom is 0.255 e. The molecule has 2 aromatic heterocycles. The Kier molecular flexibility index (Phi) is 3.90. The van der Waals surface area contributed by atoms with Crippen LogP contribution in [0.2, 0.25) is 0 Å². The Morgan fingerprint density at radius 2 is 2.14 bits per heavy atom. The zero-order chi connectivity index (χ0) is 15.7. The van der Waals surface area contributed by atoms with Gasteiger partial charge in [-0.15, -0.1) is 11.3 Å². The third-order valence-electron chi connectivity index (χ3n) is 3.52. The number of pyridine rings is 1. The minimum absolute atomic E-state index is 0.0791. The summed E-state index contributed by atoms with van der Waals surface area (Å²) in [5.74, 6) is -0.405. The Bertz CT molecular complexity index is 830. The van der Waals surface area contributed by atoms with E-state index in [0.29, 0.717) is 23.3 Å². The first-order valence-corrected chi connectivity index (χ1v) is 7.77. The van der Waals surface area contributed by atoms with Gasteiger partial charge >= 0.3 is 0 Å². The molecule has 0 radical (unpaired) electrons. The summed E-state index contributed by atoms with van der Waals surface area (Å²) in [6, 6.07) is 10.2. The van der Waals surface area contributed by atoms with Gasteiger partial charge in [-0.25, -0.2) is 4.39 Å². The predicted octanol–water partition coefficient (Wildman–Crippen LogP) is 4.02. The molecule has 3 rings (SSSR count).